The van der Waals surface area contributed by atoms with Gasteiger partial charge >= 0.3 is 0 Å². The number of piperazine rings is 1. The predicted molar refractivity (Wildman–Crippen MR) is 85.6 cm³/mol. The van der Waals surface area contributed by atoms with Gasteiger partial charge in [-0.05, 0) is 30.7 Å². The Labute approximate surface area is 135 Å². The van der Waals surface area contributed by atoms with Crippen molar-refractivity contribution in [1.29, 1.82) is 0 Å². The van der Waals surface area contributed by atoms with Gasteiger partial charge in [0.2, 0.25) is 11.8 Å². The molecule has 0 unspecified atom stereocenters. The minimum Gasteiger partial charge on any atom is -0.368 e. The van der Waals surface area contributed by atoms with E-state index in [1.54, 1.807) is 24.1 Å². The van der Waals surface area contributed by atoms with Crippen LogP contribution in [0.4, 0.5) is 10.1 Å². The van der Waals surface area contributed by atoms with Gasteiger partial charge in [0.1, 0.15) is 5.82 Å². The first-order valence-corrected chi connectivity index (χ1v) is 8.08. The molecule has 124 valence electrons. The molecule has 5 nitrogen and oxygen atoms in total. The van der Waals surface area contributed by atoms with E-state index in [2.05, 4.69) is 4.90 Å². The van der Waals surface area contributed by atoms with Gasteiger partial charge in [-0.25, -0.2) is 4.39 Å². The Kier molecular flexibility index (Phi) is 4.50. The molecule has 0 aliphatic carbocycles. The first-order valence-electron chi connectivity index (χ1n) is 8.08. The quantitative estimate of drug-likeness (QED) is 0.826. The van der Waals surface area contributed by atoms with Crippen molar-refractivity contribution in [3.8, 4) is 0 Å². The van der Waals surface area contributed by atoms with E-state index in [-0.39, 0.29) is 23.5 Å². The third-order valence-corrected chi connectivity index (χ3v) is 4.79. The number of halogens is 1. The molecule has 2 heterocycles. The molecule has 1 aromatic carbocycles. The fourth-order valence-corrected chi connectivity index (χ4v) is 3.25. The van der Waals surface area contributed by atoms with Crippen molar-refractivity contribution in [1.82, 2.24) is 9.80 Å². The van der Waals surface area contributed by atoms with Crippen LogP contribution in [-0.2, 0) is 9.59 Å². The number of piperidine rings is 1. The summed E-state index contributed by atoms with van der Waals surface area (Å²) in [6.07, 6.45) is 1.08. The second kappa shape index (κ2) is 6.56. The van der Waals surface area contributed by atoms with Gasteiger partial charge in [-0.2, -0.15) is 0 Å². The number of nitrogens with zero attached hydrogens (tertiary/aromatic N) is 3. The summed E-state index contributed by atoms with van der Waals surface area (Å²) >= 11 is 0. The van der Waals surface area contributed by atoms with Crippen LogP contribution in [0.1, 0.15) is 12.8 Å². The minimum absolute atomic E-state index is 0.0551. The van der Waals surface area contributed by atoms with Gasteiger partial charge in [0.25, 0.3) is 0 Å². The van der Waals surface area contributed by atoms with Gasteiger partial charge in [0.05, 0.1) is 0 Å². The van der Waals surface area contributed by atoms with Crippen molar-refractivity contribution in [3.63, 3.8) is 0 Å². The molecule has 0 N–H and O–H groups in total. The van der Waals surface area contributed by atoms with Crippen LogP contribution in [0.2, 0.25) is 0 Å². The smallest absolute Gasteiger partial charge is 0.226 e. The Morgan fingerprint density at radius 1 is 1.09 bits per heavy atom. The first kappa shape index (κ1) is 15.8. The summed E-state index contributed by atoms with van der Waals surface area (Å²) in [5.74, 6) is -0.254. The van der Waals surface area contributed by atoms with Crippen LogP contribution in [-0.4, -0.2) is 61.4 Å². The van der Waals surface area contributed by atoms with Gasteiger partial charge in [-0.1, -0.05) is 0 Å². The summed E-state index contributed by atoms with van der Waals surface area (Å²) < 4.78 is 13.0. The Morgan fingerprint density at radius 3 is 2.35 bits per heavy atom. The van der Waals surface area contributed by atoms with E-state index in [0.29, 0.717) is 26.1 Å². The molecule has 0 aromatic heterocycles. The van der Waals surface area contributed by atoms with Crippen LogP contribution in [0.15, 0.2) is 24.3 Å². The van der Waals surface area contributed by atoms with Crippen LogP contribution in [0.5, 0.6) is 0 Å². The Balaban J connectivity index is 1.55. The van der Waals surface area contributed by atoms with Gasteiger partial charge in [0.15, 0.2) is 0 Å². The lowest BCUT2D eigenvalue weighted by Gasteiger charge is -2.38. The van der Waals surface area contributed by atoms with Gasteiger partial charge in [0, 0.05) is 57.8 Å². The van der Waals surface area contributed by atoms with E-state index in [4.69, 9.17) is 0 Å². The van der Waals surface area contributed by atoms with Gasteiger partial charge in [-0.3, -0.25) is 9.59 Å². The van der Waals surface area contributed by atoms with Crippen molar-refractivity contribution < 1.29 is 14.0 Å². The van der Waals surface area contributed by atoms with Crippen LogP contribution >= 0.6 is 0 Å². The number of carbonyl (C=O) groups excluding carboxylic acids is 2. The number of hydrogen-bond acceptors (Lipinski definition) is 3. The zero-order chi connectivity index (χ0) is 16.4. The predicted octanol–water partition coefficient (Wildman–Crippen LogP) is 1.34. The molecule has 0 bridgehead atoms. The molecule has 2 amide bonds. The summed E-state index contributed by atoms with van der Waals surface area (Å²) in [6, 6.07) is 6.44. The van der Waals surface area contributed by atoms with E-state index in [9.17, 15) is 14.0 Å². The maximum absolute atomic E-state index is 13.0. The highest BCUT2D eigenvalue weighted by molar-refractivity contribution is 5.87. The van der Waals surface area contributed by atoms with Crippen LogP contribution < -0.4 is 4.90 Å². The molecule has 0 radical (unpaired) electrons. The third-order valence-electron chi connectivity index (χ3n) is 4.79. The molecule has 6 heteroatoms. The van der Waals surface area contributed by atoms with Crippen LogP contribution in [0.25, 0.3) is 0 Å². The molecule has 0 saturated carbocycles. The second-order valence-corrected chi connectivity index (χ2v) is 6.29. The average Bonchev–Trinajstić information content (AvgIpc) is 2.57. The maximum Gasteiger partial charge on any atom is 0.226 e. The molecular weight excluding hydrogens is 297 g/mol. The fraction of sp³-hybridized carbons (Fsp3) is 0.529. The Bertz CT molecular complexity index is 582. The normalized spacial score (nSPS) is 22.4. The third kappa shape index (κ3) is 3.46. The minimum atomic E-state index is -0.241. The summed E-state index contributed by atoms with van der Waals surface area (Å²) in [5, 5.41) is 0. The van der Waals surface area contributed by atoms with E-state index in [1.807, 2.05) is 4.90 Å². The van der Waals surface area contributed by atoms with Crippen LogP contribution in [0.3, 0.4) is 0 Å². The van der Waals surface area contributed by atoms with Crippen molar-refractivity contribution >= 4 is 17.5 Å². The van der Waals surface area contributed by atoms with Gasteiger partial charge in [-0.15, -0.1) is 0 Å². The highest BCUT2D eigenvalue weighted by atomic mass is 19.1. The lowest BCUT2D eigenvalue weighted by Crippen LogP contribution is -2.52. The molecule has 2 saturated heterocycles. The van der Waals surface area contributed by atoms with E-state index >= 15 is 0 Å². The van der Waals surface area contributed by atoms with Crippen molar-refractivity contribution in [3.05, 3.63) is 30.1 Å². The fourth-order valence-electron chi connectivity index (χ4n) is 3.25. The largest absolute Gasteiger partial charge is 0.368 e. The Hall–Kier alpha value is -2.11. The number of carbonyl (C=O) groups is 2. The second-order valence-electron chi connectivity index (χ2n) is 6.29. The summed E-state index contributed by atoms with van der Waals surface area (Å²) in [6.45, 7) is 3.42. The van der Waals surface area contributed by atoms with Crippen molar-refractivity contribution in [2.24, 2.45) is 5.92 Å². The number of likely N-dealkylation sites (tertiary alicyclic amines) is 1. The standard InChI is InChI=1S/C17H22FN3O2/c1-19-7-6-13(12-16(19)22)17(23)21-10-8-20(9-11-21)15-4-2-14(18)3-5-15/h2-5,13H,6-12H2,1H3/t13-/m1/s1. The molecule has 3 rings (SSSR count). The zero-order valence-electron chi connectivity index (χ0n) is 13.4. The van der Waals surface area contributed by atoms with Crippen LogP contribution in [0, 0.1) is 11.7 Å². The highest BCUT2D eigenvalue weighted by Gasteiger charge is 2.32. The zero-order valence-corrected chi connectivity index (χ0v) is 13.4. The monoisotopic (exact) mass is 319 g/mol. The number of anilines is 1. The van der Waals surface area contributed by atoms with Crippen molar-refractivity contribution in [2.45, 2.75) is 12.8 Å². The summed E-state index contributed by atoms with van der Waals surface area (Å²) in [7, 11) is 1.78. The molecule has 0 spiro atoms. The van der Waals surface area contributed by atoms with Crippen molar-refractivity contribution in [2.75, 3.05) is 44.7 Å². The van der Waals surface area contributed by atoms with Gasteiger partial charge < -0.3 is 14.7 Å². The number of benzene rings is 1. The number of hydrogen-bond donors (Lipinski definition) is 0. The number of rotatable bonds is 2. The summed E-state index contributed by atoms with van der Waals surface area (Å²) in [5.41, 5.74) is 0.980. The topological polar surface area (TPSA) is 43.9 Å². The molecule has 2 fully saturated rings. The molecule has 23 heavy (non-hydrogen) atoms. The number of amides is 2. The highest BCUT2D eigenvalue weighted by Crippen LogP contribution is 2.22. The lowest BCUT2D eigenvalue weighted by molar-refractivity contribution is -0.144. The summed E-state index contributed by atoms with van der Waals surface area (Å²) in [4.78, 5) is 30.1. The molecule has 1 atom stereocenters. The molecule has 1 aromatic rings. The SMILES string of the molecule is CN1CC[C@@H](C(=O)N2CCN(c3ccc(F)cc3)CC2)CC1=O. The molecule has 2 aliphatic heterocycles. The maximum atomic E-state index is 13.0. The van der Waals surface area contributed by atoms with E-state index in [1.165, 1.54) is 12.1 Å². The van der Waals surface area contributed by atoms with E-state index < -0.39 is 0 Å². The first-order chi connectivity index (χ1) is 11.0. The average molecular weight is 319 g/mol. The molecule has 2 aliphatic rings. The van der Waals surface area contributed by atoms with E-state index in [0.717, 1.165) is 25.2 Å². The molecular formula is C17H22FN3O2. The Morgan fingerprint density at radius 2 is 1.74 bits per heavy atom. The lowest BCUT2D eigenvalue weighted by atomic mass is 9.94.